The number of methoxy groups -OCH3 is 1. The Hall–Kier alpha value is -3.09. The highest BCUT2D eigenvalue weighted by molar-refractivity contribution is 6.32. The van der Waals surface area contributed by atoms with Crippen LogP contribution in [0.1, 0.15) is 27.2 Å². The van der Waals surface area contributed by atoms with Crippen molar-refractivity contribution in [2.75, 3.05) is 7.11 Å². The van der Waals surface area contributed by atoms with Gasteiger partial charge in [0.1, 0.15) is 17.8 Å². The molecule has 2 aromatic carbocycles. The summed E-state index contributed by atoms with van der Waals surface area (Å²) in [5, 5.41) is 1.92. The number of aryl methyl sites for hydroxylation is 1. The molecule has 7 heteroatoms. The van der Waals surface area contributed by atoms with E-state index in [1.54, 1.807) is 18.2 Å². The van der Waals surface area contributed by atoms with Gasteiger partial charge in [-0.3, -0.25) is 0 Å². The molecule has 0 radical (unpaired) electrons. The number of benzene rings is 2. The van der Waals surface area contributed by atoms with Crippen molar-refractivity contribution in [2.45, 2.75) is 20.1 Å². The number of carbonyl (C=O) groups excluding carboxylic acids is 1. The van der Waals surface area contributed by atoms with Crippen molar-refractivity contribution in [3.63, 3.8) is 0 Å². The number of rotatable bonds is 5. The largest absolute Gasteiger partial charge is 0.455 e. The van der Waals surface area contributed by atoms with E-state index in [2.05, 4.69) is 0 Å². The second-order valence-corrected chi connectivity index (χ2v) is 7.01. The van der Waals surface area contributed by atoms with Crippen LogP contribution in [-0.2, 0) is 22.7 Å². The van der Waals surface area contributed by atoms with Crippen LogP contribution >= 0.6 is 11.6 Å². The molecule has 0 aliphatic heterocycles. The summed E-state index contributed by atoms with van der Waals surface area (Å²) in [5.74, 6) is -0.568. The molecule has 0 aliphatic carbocycles. The van der Waals surface area contributed by atoms with Gasteiger partial charge in [-0.2, -0.15) is 0 Å². The maximum Gasteiger partial charge on any atom is 0.374 e. The predicted octanol–water partition coefficient (Wildman–Crippen LogP) is 5.00. The van der Waals surface area contributed by atoms with Crippen LogP contribution in [0.15, 0.2) is 56.1 Å². The van der Waals surface area contributed by atoms with Gasteiger partial charge in [-0.15, -0.1) is 0 Å². The number of furan rings is 1. The molecule has 2 heterocycles. The average molecular weight is 413 g/mol. The van der Waals surface area contributed by atoms with Crippen LogP contribution in [0.2, 0.25) is 5.02 Å². The SMILES string of the molecule is COCc1c(C(=O)OCc2cc(=O)oc3cc(C)c(Cl)cc23)oc2ccccc12. The molecule has 0 fully saturated rings. The summed E-state index contributed by atoms with van der Waals surface area (Å²) in [6, 6.07) is 12.0. The molecule has 2 aromatic heterocycles. The minimum absolute atomic E-state index is 0.0780. The Balaban J connectivity index is 1.67. The van der Waals surface area contributed by atoms with Gasteiger partial charge in [0, 0.05) is 40.1 Å². The average Bonchev–Trinajstić information content (AvgIpc) is 3.06. The Morgan fingerprint density at radius 1 is 1.03 bits per heavy atom. The Labute approximate surface area is 170 Å². The summed E-state index contributed by atoms with van der Waals surface area (Å²) in [6.07, 6.45) is 0. The van der Waals surface area contributed by atoms with Crippen LogP contribution < -0.4 is 5.63 Å². The number of para-hydroxylation sites is 1. The Morgan fingerprint density at radius 2 is 1.83 bits per heavy atom. The first kappa shape index (κ1) is 19.2. The molecule has 0 N–H and O–H groups in total. The number of esters is 1. The van der Waals surface area contributed by atoms with E-state index in [4.69, 9.17) is 29.9 Å². The minimum atomic E-state index is -0.646. The zero-order valence-electron chi connectivity index (χ0n) is 15.8. The van der Waals surface area contributed by atoms with Gasteiger partial charge in [-0.1, -0.05) is 29.8 Å². The van der Waals surface area contributed by atoms with Crippen LogP contribution in [0, 0.1) is 6.92 Å². The summed E-state index contributed by atoms with van der Waals surface area (Å²) in [7, 11) is 1.54. The second kappa shape index (κ2) is 7.73. The van der Waals surface area contributed by atoms with Gasteiger partial charge >= 0.3 is 11.6 Å². The van der Waals surface area contributed by atoms with E-state index >= 15 is 0 Å². The van der Waals surface area contributed by atoms with Gasteiger partial charge in [0.25, 0.3) is 0 Å². The summed E-state index contributed by atoms with van der Waals surface area (Å²) in [6.45, 7) is 1.88. The number of halogens is 1. The normalized spacial score (nSPS) is 11.3. The Kier molecular flexibility index (Phi) is 5.13. The molecule has 148 valence electrons. The maximum absolute atomic E-state index is 12.7. The quantitative estimate of drug-likeness (QED) is 0.339. The number of fused-ring (bicyclic) bond motifs is 2. The molecule has 0 aliphatic rings. The number of carbonyl (C=O) groups is 1. The third kappa shape index (κ3) is 3.64. The molecule has 0 amide bonds. The molecule has 4 rings (SSSR count). The van der Waals surface area contributed by atoms with Crippen molar-refractivity contribution in [3.05, 3.63) is 80.4 Å². The lowest BCUT2D eigenvalue weighted by atomic mass is 10.1. The zero-order chi connectivity index (χ0) is 20.5. The molecule has 6 nitrogen and oxygen atoms in total. The van der Waals surface area contributed by atoms with Crippen molar-refractivity contribution in [2.24, 2.45) is 0 Å². The first-order valence-corrected chi connectivity index (χ1v) is 9.25. The number of hydrogen-bond acceptors (Lipinski definition) is 6. The van der Waals surface area contributed by atoms with E-state index in [1.807, 2.05) is 25.1 Å². The highest BCUT2D eigenvalue weighted by atomic mass is 35.5. The van der Waals surface area contributed by atoms with E-state index in [0.717, 1.165) is 10.9 Å². The van der Waals surface area contributed by atoms with E-state index in [0.29, 0.717) is 32.7 Å². The third-order valence-corrected chi connectivity index (χ3v) is 5.05. The maximum atomic E-state index is 12.7. The summed E-state index contributed by atoms with van der Waals surface area (Å²) in [4.78, 5) is 24.6. The summed E-state index contributed by atoms with van der Waals surface area (Å²) in [5.41, 5.74) is 2.31. The van der Waals surface area contributed by atoms with Crippen LogP contribution in [-0.4, -0.2) is 13.1 Å². The molecule has 0 spiro atoms. The molecule has 0 saturated heterocycles. The van der Waals surface area contributed by atoms with Crippen molar-refractivity contribution >= 4 is 39.5 Å². The van der Waals surface area contributed by atoms with Crippen molar-refractivity contribution in [1.29, 1.82) is 0 Å². The third-order valence-electron chi connectivity index (χ3n) is 4.64. The molecule has 0 unspecified atom stereocenters. The highest BCUT2D eigenvalue weighted by Crippen LogP contribution is 2.28. The Morgan fingerprint density at radius 3 is 2.62 bits per heavy atom. The molecule has 0 saturated carbocycles. The topological polar surface area (TPSA) is 78.9 Å². The van der Waals surface area contributed by atoms with Crippen LogP contribution in [0.4, 0.5) is 0 Å². The van der Waals surface area contributed by atoms with Gasteiger partial charge in [-0.25, -0.2) is 9.59 Å². The van der Waals surface area contributed by atoms with Crippen LogP contribution in [0.3, 0.4) is 0 Å². The summed E-state index contributed by atoms with van der Waals surface area (Å²) >= 11 is 6.20. The molecule has 0 bridgehead atoms. The highest BCUT2D eigenvalue weighted by Gasteiger charge is 2.22. The van der Waals surface area contributed by atoms with E-state index in [1.165, 1.54) is 13.2 Å². The zero-order valence-corrected chi connectivity index (χ0v) is 16.5. The van der Waals surface area contributed by atoms with Crippen molar-refractivity contribution in [3.8, 4) is 0 Å². The molecule has 29 heavy (non-hydrogen) atoms. The lowest BCUT2D eigenvalue weighted by molar-refractivity contribution is 0.0433. The monoisotopic (exact) mass is 412 g/mol. The molecular formula is C22H17ClO6. The van der Waals surface area contributed by atoms with E-state index < -0.39 is 11.6 Å². The molecular weight excluding hydrogens is 396 g/mol. The van der Waals surface area contributed by atoms with Gasteiger partial charge in [0.15, 0.2) is 0 Å². The number of hydrogen-bond donors (Lipinski definition) is 0. The Bertz CT molecular complexity index is 1280. The number of ether oxygens (including phenoxy) is 2. The minimum Gasteiger partial charge on any atom is -0.455 e. The van der Waals surface area contributed by atoms with E-state index in [-0.39, 0.29) is 19.0 Å². The first-order chi connectivity index (χ1) is 14.0. The lowest BCUT2D eigenvalue weighted by Gasteiger charge is -2.08. The van der Waals surface area contributed by atoms with Crippen LogP contribution in [0.5, 0.6) is 0 Å². The fraction of sp³-hybridized carbons (Fsp3) is 0.182. The van der Waals surface area contributed by atoms with Gasteiger partial charge < -0.3 is 18.3 Å². The standard InChI is InChI=1S/C22H17ClO6/c1-12-7-19-15(9-17(12)23)13(8-20(24)28-19)10-27-22(25)21-16(11-26-2)14-5-3-4-6-18(14)29-21/h3-9H,10-11H2,1-2H3. The molecule has 0 atom stereocenters. The fourth-order valence-electron chi connectivity index (χ4n) is 3.23. The van der Waals surface area contributed by atoms with E-state index in [9.17, 15) is 9.59 Å². The fourth-order valence-corrected chi connectivity index (χ4v) is 3.39. The lowest BCUT2D eigenvalue weighted by Crippen LogP contribution is -2.09. The smallest absolute Gasteiger partial charge is 0.374 e. The first-order valence-electron chi connectivity index (χ1n) is 8.87. The summed E-state index contributed by atoms with van der Waals surface area (Å²) < 4.78 is 21.6. The van der Waals surface area contributed by atoms with Crippen molar-refractivity contribution < 1.29 is 23.1 Å². The van der Waals surface area contributed by atoms with Gasteiger partial charge in [-0.05, 0) is 30.7 Å². The van der Waals surface area contributed by atoms with Crippen LogP contribution in [0.25, 0.3) is 21.9 Å². The van der Waals surface area contributed by atoms with Gasteiger partial charge in [0.05, 0.1) is 6.61 Å². The van der Waals surface area contributed by atoms with Crippen molar-refractivity contribution in [1.82, 2.24) is 0 Å². The molecule has 4 aromatic rings. The van der Waals surface area contributed by atoms with Gasteiger partial charge in [0.2, 0.25) is 5.76 Å². The second-order valence-electron chi connectivity index (χ2n) is 6.60. The predicted molar refractivity (Wildman–Crippen MR) is 108 cm³/mol.